The second-order valence-corrected chi connectivity index (χ2v) is 4.60. The number of thiol groups is 1. The molecule has 4 nitrogen and oxygen atoms in total. The van der Waals surface area contributed by atoms with Crippen LogP contribution in [-0.4, -0.2) is 13.4 Å². The fourth-order valence-corrected chi connectivity index (χ4v) is 2.20. The van der Waals surface area contributed by atoms with Gasteiger partial charge in [0.1, 0.15) is 16.5 Å². The molecule has 0 aliphatic heterocycles. The van der Waals surface area contributed by atoms with E-state index >= 15 is 0 Å². The van der Waals surface area contributed by atoms with Crippen LogP contribution in [0.3, 0.4) is 0 Å². The zero-order valence-electron chi connectivity index (χ0n) is 9.45. The third kappa shape index (κ3) is 3.45. The molecule has 6 heteroatoms. The van der Waals surface area contributed by atoms with E-state index < -0.39 is 10.7 Å². The summed E-state index contributed by atoms with van der Waals surface area (Å²) in [5.74, 6) is 0.483. The summed E-state index contributed by atoms with van der Waals surface area (Å²) in [7, 11) is -2.43. The van der Waals surface area contributed by atoms with E-state index in [-0.39, 0.29) is 18.2 Å². The Hall–Kier alpha value is -1.59. The molecule has 96 valence electrons. The van der Waals surface area contributed by atoms with Gasteiger partial charge in [-0.15, -0.1) is 12.4 Å². The van der Waals surface area contributed by atoms with Crippen LogP contribution in [0.4, 0.5) is 5.82 Å². The van der Waals surface area contributed by atoms with Crippen LogP contribution in [0.25, 0.3) is 11.1 Å². The standard InChI is InChI=1S/C12H12N2O2S.ClH/c13-12-6-5-9(7-14-12)11-4-2-1-3-10(11)8-17(15)16;/h1-7,17H,8H2,(H2,13,14);1H. The summed E-state index contributed by atoms with van der Waals surface area (Å²) >= 11 is 0. The van der Waals surface area contributed by atoms with E-state index in [2.05, 4.69) is 4.98 Å². The Balaban J connectivity index is 0.00000162. The van der Waals surface area contributed by atoms with Crippen LogP contribution in [0.1, 0.15) is 5.56 Å². The summed E-state index contributed by atoms with van der Waals surface area (Å²) < 4.78 is 21.6. The van der Waals surface area contributed by atoms with Crippen molar-refractivity contribution in [2.75, 3.05) is 5.73 Å². The average molecular weight is 285 g/mol. The largest absolute Gasteiger partial charge is 0.384 e. The smallest absolute Gasteiger partial charge is 0.144 e. The van der Waals surface area contributed by atoms with Crippen LogP contribution in [0.15, 0.2) is 42.6 Å². The molecular formula is C12H13ClN2O2S. The lowest BCUT2D eigenvalue weighted by atomic mass is 10.0. The topological polar surface area (TPSA) is 73.1 Å². The molecule has 0 saturated carbocycles. The van der Waals surface area contributed by atoms with Gasteiger partial charge in [0.2, 0.25) is 0 Å². The number of anilines is 1. The van der Waals surface area contributed by atoms with Crippen molar-refractivity contribution in [2.24, 2.45) is 0 Å². The van der Waals surface area contributed by atoms with E-state index in [1.807, 2.05) is 24.3 Å². The van der Waals surface area contributed by atoms with Gasteiger partial charge in [0.05, 0.1) is 5.75 Å². The minimum Gasteiger partial charge on any atom is -0.384 e. The molecule has 0 spiro atoms. The summed E-state index contributed by atoms with van der Waals surface area (Å²) in [5.41, 5.74) is 8.03. The molecule has 0 amide bonds. The monoisotopic (exact) mass is 284 g/mol. The van der Waals surface area contributed by atoms with Crippen LogP contribution in [0.2, 0.25) is 0 Å². The van der Waals surface area contributed by atoms with Crippen molar-refractivity contribution < 1.29 is 8.42 Å². The van der Waals surface area contributed by atoms with Gasteiger partial charge in [-0.1, -0.05) is 24.3 Å². The summed E-state index contributed by atoms with van der Waals surface area (Å²) in [6.45, 7) is 0. The Kier molecular flexibility index (Phi) is 5.12. The minimum atomic E-state index is -2.43. The van der Waals surface area contributed by atoms with Crippen molar-refractivity contribution in [3.05, 3.63) is 48.2 Å². The van der Waals surface area contributed by atoms with Crippen molar-refractivity contribution in [1.29, 1.82) is 0 Å². The van der Waals surface area contributed by atoms with E-state index in [0.29, 0.717) is 5.82 Å². The number of nitrogen functional groups attached to an aromatic ring is 1. The summed E-state index contributed by atoms with van der Waals surface area (Å²) in [6.07, 6.45) is 1.64. The molecule has 0 unspecified atom stereocenters. The van der Waals surface area contributed by atoms with Gasteiger partial charge in [0, 0.05) is 11.8 Å². The van der Waals surface area contributed by atoms with E-state index in [4.69, 9.17) is 5.73 Å². The fraction of sp³-hybridized carbons (Fsp3) is 0.0833. The predicted molar refractivity (Wildman–Crippen MR) is 75.4 cm³/mol. The van der Waals surface area contributed by atoms with Gasteiger partial charge in [-0.2, -0.15) is 0 Å². The van der Waals surface area contributed by atoms with Gasteiger partial charge in [-0.25, -0.2) is 13.4 Å². The Morgan fingerprint density at radius 3 is 2.44 bits per heavy atom. The zero-order valence-corrected chi connectivity index (χ0v) is 11.2. The van der Waals surface area contributed by atoms with Crippen LogP contribution in [0.5, 0.6) is 0 Å². The van der Waals surface area contributed by atoms with E-state index in [9.17, 15) is 8.42 Å². The first-order valence-electron chi connectivity index (χ1n) is 5.08. The highest BCUT2D eigenvalue weighted by atomic mass is 35.5. The van der Waals surface area contributed by atoms with E-state index in [1.165, 1.54) is 0 Å². The van der Waals surface area contributed by atoms with Crippen LogP contribution in [-0.2, 0) is 16.5 Å². The van der Waals surface area contributed by atoms with Gasteiger partial charge in [0.15, 0.2) is 0 Å². The number of rotatable bonds is 3. The van der Waals surface area contributed by atoms with Crippen molar-refractivity contribution >= 4 is 28.9 Å². The van der Waals surface area contributed by atoms with Crippen LogP contribution >= 0.6 is 12.4 Å². The highest BCUT2D eigenvalue weighted by Gasteiger charge is 2.05. The molecule has 0 atom stereocenters. The molecule has 0 radical (unpaired) electrons. The average Bonchev–Trinajstić information content (AvgIpc) is 2.30. The molecule has 0 fully saturated rings. The summed E-state index contributed by atoms with van der Waals surface area (Å²) in [5, 5.41) is 0. The second kappa shape index (κ2) is 6.37. The van der Waals surface area contributed by atoms with Crippen LogP contribution < -0.4 is 5.73 Å². The zero-order chi connectivity index (χ0) is 12.3. The Labute approximate surface area is 113 Å². The molecular weight excluding hydrogens is 272 g/mol. The molecule has 2 N–H and O–H groups in total. The quantitative estimate of drug-likeness (QED) is 0.844. The molecule has 1 aromatic carbocycles. The lowest BCUT2D eigenvalue weighted by molar-refractivity contribution is 0.614. The third-order valence-corrected chi connectivity index (χ3v) is 3.01. The highest BCUT2D eigenvalue weighted by Crippen LogP contribution is 2.23. The number of benzene rings is 1. The van der Waals surface area contributed by atoms with Crippen molar-refractivity contribution in [1.82, 2.24) is 4.98 Å². The first-order chi connectivity index (χ1) is 8.16. The van der Waals surface area contributed by atoms with Gasteiger partial charge in [-0.3, -0.25) is 0 Å². The molecule has 18 heavy (non-hydrogen) atoms. The first kappa shape index (κ1) is 14.5. The second-order valence-electron chi connectivity index (χ2n) is 3.62. The molecule has 2 rings (SSSR count). The van der Waals surface area contributed by atoms with Gasteiger partial charge < -0.3 is 5.73 Å². The SMILES string of the molecule is Cl.Nc1ccc(-c2ccccc2C[SH](=O)=O)cn1. The number of nitrogens with zero attached hydrogens (tertiary/aromatic N) is 1. The molecule has 0 aliphatic carbocycles. The molecule has 0 bridgehead atoms. The number of hydrogen-bond donors (Lipinski definition) is 2. The Morgan fingerprint density at radius 2 is 1.83 bits per heavy atom. The van der Waals surface area contributed by atoms with Crippen molar-refractivity contribution in [3.63, 3.8) is 0 Å². The number of pyridine rings is 1. The summed E-state index contributed by atoms with van der Waals surface area (Å²) in [6, 6.07) is 10.9. The Morgan fingerprint density at radius 1 is 1.11 bits per heavy atom. The number of halogens is 1. The minimum absolute atomic E-state index is 0. The fourth-order valence-electron chi connectivity index (χ4n) is 1.64. The number of nitrogens with two attached hydrogens (primary N) is 1. The third-order valence-electron chi connectivity index (χ3n) is 2.41. The van der Waals surface area contributed by atoms with Crippen molar-refractivity contribution in [2.45, 2.75) is 5.75 Å². The maximum absolute atomic E-state index is 10.8. The number of hydrogen-bond acceptors (Lipinski definition) is 4. The van der Waals surface area contributed by atoms with Gasteiger partial charge >= 0.3 is 0 Å². The lowest BCUT2D eigenvalue weighted by Crippen LogP contribution is -1.93. The molecule has 0 aliphatic rings. The van der Waals surface area contributed by atoms with Crippen LogP contribution in [0, 0.1) is 0 Å². The summed E-state index contributed by atoms with van der Waals surface area (Å²) in [4.78, 5) is 4.00. The van der Waals surface area contributed by atoms with Gasteiger partial charge in [-0.05, 0) is 23.3 Å². The molecule has 2 aromatic rings. The number of aromatic nitrogens is 1. The predicted octanol–water partition coefficient (Wildman–Crippen LogP) is 1.86. The molecule has 1 aromatic heterocycles. The van der Waals surface area contributed by atoms with Gasteiger partial charge in [0.25, 0.3) is 0 Å². The maximum atomic E-state index is 10.8. The molecule has 0 saturated heterocycles. The van der Waals surface area contributed by atoms with Crippen molar-refractivity contribution in [3.8, 4) is 11.1 Å². The normalized spacial score (nSPS) is 10.1. The van der Waals surface area contributed by atoms with E-state index in [0.717, 1.165) is 16.7 Å². The Bertz CT molecular complexity index is 589. The van der Waals surface area contributed by atoms with E-state index in [1.54, 1.807) is 18.3 Å². The maximum Gasteiger partial charge on any atom is 0.144 e. The highest BCUT2D eigenvalue weighted by molar-refractivity contribution is 7.71. The first-order valence-corrected chi connectivity index (χ1v) is 6.44. The molecule has 1 heterocycles. The lowest BCUT2D eigenvalue weighted by Gasteiger charge is -2.06.